The molecule has 2 aromatic heterocycles. The number of nitrogens with one attached hydrogen (secondary N) is 1. The van der Waals surface area contributed by atoms with E-state index in [0.717, 1.165) is 43.0 Å². The number of anilines is 1. The molecular formula is C20H26N4O6S2. The van der Waals surface area contributed by atoms with E-state index in [2.05, 4.69) is 15.5 Å². The van der Waals surface area contributed by atoms with Crippen LogP contribution in [0.15, 0.2) is 5.16 Å². The Hall–Kier alpha value is -2.44. The molecule has 0 bridgehead atoms. The van der Waals surface area contributed by atoms with Gasteiger partial charge in [0.1, 0.15) is 15.7 Å². The Morgan fingerprint density at radius 2 is 2.00 bits per heavy atom. The van der Waals surface area contributed by atoms with Crippen LogP contribution < -0.4 is 5.32 Å². The van der Waals surface area contributed by atoms with Gasteiger partial charge in [-0.15, -0.1) is 21.5 Å². The lowest BCUT2D eigenvalue weighted by Crippen LogP contribution is -2.19. The number of thiophene rings is 1. The molecule has 1 aliphatic heterocycles. The van der Waals surface area contributed by atoms with E-state index in [-0.39, 0.29) is 33.2 Å². The molecule has 0 aliphatic carbocycles. The number of carbonyl (C=O) groups excluding carboxylic acids is 3. The lowest BCUT2D eigenvalue weighted by atomic mass is 10.1. The van der Waals surface area contributed by atoms with Gasteiger partial charge in [0.05, 0.1) is 38.2 Å². The largest absolute Gasteiger partial charge is 0.465 e. The number of thioether (sulfide) groups is 1. The van der Waals surface area contributed by atoms with Gasteiger partial charge in [0, 0.05) is 13.0 Å². The number of nitrogens with zero attached hydrogens (tertiary/aromatic N) is 3. The Morgan fingerprint density at radius 3 is 2.62 bits per heavy atom. The van der Waals surface area contributed by atoms with Crippen molar-refractivity contribution >= 4 is 45.9 Å². The molecule has 1 unspecified atom stereocenters. The van der Waals surface area contributed by atoms with Crippen LogP contribution in [0.3, 0.4) is 0 Å². The summed E-state index contributed by atoms with van der Waals surface area (Å²) in [5.74, 6) is -0.670. The van der Waals surface area contributed by atoms with E-state index in [1.54, 1.807) is 6.92 Å². The van der Waals surface area contributed by atoms with Crippen molar-refractivity contribution in [2.24, 2.45) is 0 Å². The zero-order chi connectivity index (χ0) is 23.3. The highest BCUT2D eigenvalue weighted by atomic mass is 32.2. The Bertz CT molecular complexity index is 997. The lowest BCUT2D eigenvalue weighted by Gasteiger charge is -2.14. The van der Waals surface area contributed by atoms with Crippen LogP contribution in [-0.2, 0) is 32.0 Å². The molecule has 2 aromatic rings. The number of amides is 1. The SMILES string of the molecule is CCc1nnc(SCC(=O)Nc2sc(C(=O)OC)c(C)c2C(=O)OC)n1CC1CCCO1. The minimum Gasteiger partial charge on any atom is -0.465 e. The minimum absolute atomic E-state index is 0.0541. The number of aromatic nitrogens is 3. The first-order valence-corrected chi connectivity index (χ1v) is 12.0. The van der Waals surface area contributed by atoms with Crippen LogP contribution in [0.5, 0.6) is 0 Å². The number of methoxy groups -OCH3 is 2. The van der Waals surface area contributed by atoms with E-state index in [0.29, 0.717) is 17.3 Å². The minimum atomic E-state index is -0.638. The summed E-state index contributed by atoms with van der Waals surface area (Å²) in [4.78, 5) is 37.1. The Kier molecular flexibility index (Phi) is 8.26. The van der Waals surface area contributed by atoms with Gasteiger partial charge in [-0.25, -0.2) is 9.59 Å². The van der Waals surface area contributed by atoms with Crippen molar-refractivity contribution in [2.75, 3.05) is 31.9 Å². The summed E-state index contributed by atoms with van der Waals surface area (Å²) in [6, 6.07) is 0. The number of hydrogen-bond donors (Lipinski definition) is 1. The van der Waals surface area contributed by atoms with E-state index in [1.165, 1.54) is 26.0 Å². The van der Waals surface area contributed by atoms with E-state index in [4.69, 9.17) is 14.2 Å². The van der Waals surface area contributed by atoms with Crippen LogP contribution in [0, 0.1) is 6.92 Å². The molecule has 10 nitrogen and oxygen atoms in total. The molecule has 0 aromatic carbocycles. The molecule has 1 amide bonds. The van der Waals surface area contributed by atoms with Gasteiger partial charge in [-0.3, -0.25) is 4.79 Å². The summed E-state index contributed by atoms with van der Waals surface area (Å²) in [5, 5.41) is 12.1. The highest BCUT2D eigenvalue weighted by Gasteiger charge is 2.27. The van der Waals surface area contributed by atoms with Gasteiger partial charge in [0.15, 0.2) is 5.16 Å². The monoisotopic (exact) mass is 482 g/mol. The number of carbonyl (C=O) groups is 3. The molecule has 1 aliphatic rings. The number of rotatable bonds is 9. The van der Waals surface area contributed by atoms with Gasteiger partial charge in [0.25, 0.3) is 0 Å². The normalized spacial score (nSPS) is 15.6. The first kappa shape index (κ1) is 24.2. The fraction of sp³-hybridized carbons (Fsp3) is 0.550. The molecule has 32 heavy (non-hydrogen) atoms. The van der Waals surface area contributed by atoms with Crippen molar-refractivity contribution in [3.8, 4) is 0 Å². The summed E-state index contributed by atoms with van der Waals surface area (Å²) in [7, 11) is 2.50. The zero-order valence-electron chi connectivity index (χ0n) is 18.4. The predicted octanol–water partition coefficient (Wildman–Crippen LogP) is 2.69. The van der Waals surface area contributed by atoms with Crippen LogP contribution in [0.1, 0.15) is 51.2 Å². The second-order valence-corrected chi connectivity index (χ2v) is 9.04. The Labute approximate surface area is 194 Å². The summed E-state index contributed by atoms with van der Waals surface area (Å²) >= 11 is 2.23. The van der Waals surface area contributed by atoms with Gasteiger partial charge in [-0.1, -0.05) is 18.7 Å². The average Bonchev–Trinajstić information content (AvgIpc) is 3.51. The van der Waals surface area contributed by atoms with Crippen molar-refractivity contribution in [3.63, 3.8) is 0 Å². The number of aryl methyl sites for hydroxylation is 1. The van der Waals surface area contributed by atoms with Crippen LogP contribution in [0.25, 0.3) is 0 Å². The second kappa shape index (κ2) is 10.9. The summed E-state index contributed by atoms with van der Waals surface area (Å²) in [6.07, 6.45) is 2.87. The van der Waals surface area contributed by atoms with E-state index < -0.39 is 11.9 Å². The smallest absolute Gasteiger partial charge is 0.348 e. The third-order valence-electron chi connectivity index (χ3n) is 5.01. The first-order chi connectivity index (χ1) is 15.4. The third kappa shape index (κ3) is 5.30. The van der Waals surface area contributed by atoms with Gasteiger partial charge in [0.2, 0.25) is 5.91 Å². The predicted molar refractivity (Wildman–Crippen MR) is 119 cm³/mol. The third-order valence-corrected chi connectivity index (χ3v) is 7.17. The van der Waals surface area contributed by atoms with Gasteiger partial charge >= 0.3 is 11.9 Å². The van der Waals surface area contributed by atoms with Crippen LogP contribution in [-0.4, -0.2) is 65.3 Å². The maximum absolute atomic E-state index is 12.7. The molecule has 1 saturated heterocycles. The van der Waals surface area contributed by atoms with Crippen LogP contribution in [0.4, 0.5) is 5.00 Å². The topological polar surface area (TPSA) is 122 Å². The molecule has 1 atom stereocenters. The molecule has 0 spiro atoms. The first-order valence-electron chi connectivity index (χ1n) is 10.2. The standard InChI is InChI=1S/C20H26N4O6S2/c1-5-13-22-23-20(24(13)9-12-7-6-8-30-12)31-10-14(25)21-17-15(18(26)28-3)11(2)16(32-17)19(27)29-4/h12H,5-10H2,1-4H3,(H,21,25). The number of ether oxygens (including phenoxy) is 3. The quantitative estimate of drug-likeness (QED) is 0.424. The van der Waals surface area contributed by atoms with Crippen molar-refractivity contribution in [2.45, 2.75) is 50.9 Å². The van der Waals surface area contributed by atoms with Crippen LogP contribution >= 0.6 is 23.1 Å². The van der Waals surface area contributed by atoms with Gasteiger partial charge in [-0.2, -0.15) is 0 Å². The summed E-state index contributed by atoms with van der Waals surface area (Å²) in [6.45, 7) is 5.03. The van der Waals surface area contributed by atoms with Crippen molar-refractivity contribution in [1.29, 1.82) is 0 Å². The van der Waals surface area contributed by atoms with Crippen molar-refractivity contribution in [1.82, 2.24) is 14.8 Å². The number of hydrogen-bond acceptors (Lipinski definition) is 10. The van der Waals surface area contributed by atoms with Crippen molar-refractivity contribution in [3.05, 3.63) is 21.8 Å². The highest BCUT2D eigenvalue weighted by Crippen LogP contribution is 2.34. The summed E-state index contributed by atoms with van der Waals surface area (Å²) < 4.78 is 17.3. The highest BCUT2D eigenvalue weighted by molar-refractivity contribution is 7.99. The second-order valence-electron chi connectivity index (χ2n) is 7.08. The average molecular weight is 483 g/mol. The van der Waals surface area contributed by atoms with Crippen molar-refractivity contribution < 1.29 is 28.6 Å². The Balaban J connectivity index is 1.72. The molecule has 1 N–H and O–H groups in total. The maximum atomic E-state index is 12.7. The van der Waals surface area contributed by atoms with E-state index in [1.807, 2.05) is 11.5 Å². The molecule has 0 radical (unpaired) electrons. The molecule has 1 fully saturated rings. The molecule has 3 rings (SSSR count). The maximum Gasteiger partial charge on any atom is 0.348 e. The molecule has 3 heterocycles. The molecular weight excluding hydrogens is 456 g/mol. The molecule has 12 heteroatoms. The van der Waals surface area contributed by atoms with Gasteiger partial charge < -0.3 is 24.1 Å². The molecule has 0 saturated carbocycles. The van der Waals surface area contributed by atoms with E-state index >= 15 is 0 Å². The fourth-order valence-corrected chi connectivity index (χ4v) is 5.29. The molecule has 174 valence electrons. The van der Waals surface area contributed by atoms with Gasteiger partial charge in [-0.05, 0) is 25.3 Å². The fourth-order valence-electron chi connectivity index (χ4n) is 3.39. The summed E-state index contributed by atoms with van der Waals surface area (Å²) in [5.41, 5.74) is 0.548. The zero-order valence-corrected chi connectivity index (χ0v) is 20.1. The lowest BCUT2D eigenvalue weighted by molar-refractivity contribution is -0.113. The van der Waals surface area contributed by atoms with E-state index in [9.17, 15) is 14.4 Å². The van der Waals surface area contributed by atoms with Crippen LogP contribution in [0.2, 0.25) is 0 Å². The number of esters is 2. The Morgan fingerprint density at radius 1 is 1.25 bits per heavy atom.